The van der Waals surface area contributed by atoms with E-state index in [2.05, 4.69) is 33.9 Å². The van der Waals surface area contributed by atoms with Crippen LogP contribution in [0, 0.1) is 0 Å². The summed E-state index contributed by atoms with van der Waals surface area (Å²) in [5.74, 6) is 0. The second kappa shape index (κ2) is 4.95. The third-order valence-electron chi connectivity index (χ3n) is 1.81. The Hall–Kier alpha value is -0.780. The number of rotatable bonds is 4. The second-order valence-electron chi connectivity index (χ2n) is 2.98. The summed E-state index contributed by atoms with van der Waals surface area (Å²) in [5, 5.41) is 0. The first-order chi connectivity index (χ1) is 5.11. The van der Waals surface area contributed by atoms with Crippen molar-refractivity contribution in [2.24, 2.45) is 0 Å². The molecule has 0 saturated carbocycles. The topological polar surface area (TPSA) is 0 Å². The van der Waals surface area contributed by atoms with Crippen LogP contribution in [0.25, 0.3) is 0 Å². The molecule has 0 heterocycles. The standard InChI is InChI=1S/C11H18/c1-6-10(5)11(7-2)8-9(3)4/h6H,1,3,7-8H2,2,4-5H3/b11-10-. The van der Waals surface area contributed by atoms with Gasteiger partial charge in [0.25, 0.3) is 0 Å². The Balaban J connectivity index is 4.38. The summed E-state index contributed by atoms with van der Waals surface area (Å²) in [6, 6.07) is 0. The third kappa shape index (κ3) is 3.82. The fourth-order valence-corrected chi connectivity index (χ4v) is 1.05. The van der Waals surface area contributed by atoms with Gasteiger partial charge in [-0.1, -0.05) is 42.9 Å². The Bertz CT molecular complexity index is 182. The van der Waals surface area contributed by atoms with E-state index in [1.807, 2.05) is 6.08 Å². The van der Waals surface area contributed by atoms with Crippen LogP contribution >= 0.6 is 0 Å². The molecule has 0 aromatic carbocycles. The summed E-state index contributed by atoms with van der Waals surface area (Å²) < 4.78 is 0. The van der Waals surface area contributed by atoms with E-state index in [9.17, 15) is 0 Å². The average molecular weight is 150 g/mol. The minimum absolute atomic E-state index is 1.02. The molecule has 0 bridgehead atoms. The molecule has 0 radical (unpaired) electrons. The van der Waals surface area contributed by atoms with Gasteiger partial charge in [-0.3, -0.25) is 0 Å². The lowest BCUT2D eigenvalue weighted by molar-refractivity contribution is 0.972. The van der Waals surface area contributed by atoms with Crippen LogP contribution < -0.4 is 0 Å². The lowest BCUT2D eigenvalue weighted by Gasteiger charge is -2.06. The van der Waals surface area contributed by atoms with Gasteiger partial charge in [-0.25, -0.2) is 0 Å². The Labute approximate surface area is 70.3 Å². The summed E-state index contributed by atoms with van der Waals surface area (Å²) in [7, 11) is 0. The maximum atomic E-state index is 3.89. The molecule has 0 heteroatoms. The zero-order valence-corrected chi connectivity index (χ0v) is 7.91. The van der Waals surface area contributed by atoms with Crippen LogP contribution in [-0.2, 0) is 0 Å². The Morgan fingerprint density at radius 1 is 1.36 bits per heavy atom. The first kappa shape index (κ1) is 10.2. The molecular weight excluding hydrogens is 132 g/mol. The van der Waals surface area contributed by atoms with Crippen molar-refractivity contribution in [1.82, 2.24) is 0 Å². The van der Waals surface area contributed by atoms with Gasteiger partial charge in [0.15, 0.2) is 0 Å². The maximum Gasteiger partial charge on any atom is -0.0108 e. The van der Waals surface area contributed by atoms with Gasteiger partial charge in [0, 0.05) is 0 Å². The summed E-state index contributed by atoms with van der Waals surface area (Å²) in [5.41, 5.74) is 3.98. The summed E-state index contributed by atoms with van der Waals surface area (Å²) in [6.45, 7) is 14.0. The Kier molecular flexibility index (Phi) is 4.60. The molecule has 0 rings (SSSR count). The minimum Gasteiger partial charge on any atom is -0.0998 e. The summed E-state index contributed by atoms with van der Waals surface area (Å²) in [4.78, 5) is 0. The average Bonchev–Trinajstić information content (AvgIpc) is 1.98. The van der Waals surface area contributed by atoms with E-state index in [0.717, 1.165) is 12.8 Å². The molecule has 0 aliphatic carbocycles. The van der Waals surface area contributed by atoms with Gasteiger partial charge in [0.2, 0.25) is 0 Å². The Morgan fingerprint density at radius 2 is 1.91 bits per heavy atom. The third-order valence-corrected chi connectivity index (χ3v) is 1.81. The quantitative estimate of drug-likeness (QED) is 0.421. The van der Waals surface area contributed by atoms with Gasteiger partial charge < -0.3 is 0 Å². The molecule has 0 amide bonds. The zero-order chi connectivity index (χ0) is 8.85. The molecule has 0 aliphatic rings. The summed E-state index contributed by atoms with van der Waals surface area (Å²) in [6.07, 6.45) is 4.04. The van der Waals surface area contributed by atoms with Gasteiger partial charge in [-0.05, 0) is 26.7 Å². The smallest absolute Gasteiger partial charge is 0.0108 e. The fraction of sp³-hybridized carbons (Fsp3) is 0.455. The Morgan fingerprint density at radius 3 is 2.18 bits per heavy atom. The van der Waals surface area contributed by atoms with E-state index in [1.54, 1.807) is 0 Å². The number of allylic oxidation sites excluding steroid dienone is 4. The van der Waals surface area contributed by atoms with Crippen molar-refractivity contribution in [3.63, 3.8) is 0 Å². The summed E-state index contributed by atoms with van der Waals surface area (Å²) >= 11 is 0. The molecule has 0 fully saturated rings. The number of hydrogen-bond donors (Lipinski definition) is 0. The van der Waals surface area contributed by atoms with E-state index >= 15 is 0 Å². The van der Waals surface area contributed by atoms with E-state index in [1.165, 1.54) is 16.7 Å². The van der Waals surface area contributed by atoms with E-state index in [0.29, 0.717) is 0 Å². The maximum absolute atomic E-state index is 3.89. The van der Waals surface area contributed by atoms with Gasteiger partial charge in [-0.2, -0.15) is 0 Å². The van der Waals surface area contributed by atoms with Gasteiger partial charge in [0.05, 0.1) is 0 Å². The highest BCUT2D eigenvalue weighted by atomic mass is 14.0. The highest BCUT2D eigenvalue weighted by molar-refractivity contribution is 5.24. The monoisotopic (exact) mass is 150 g/mol. The van der Waals surface area contributed by atoms with Crippen molar-refractivity contribution in [3.05, 3.63) is 36.0 Å². The van der Waals surface area contributed by atoms with E-state index < -0.39 is 0 Å². The molecule has 0 atom stereocenters. The van der Waals surface area contributed by atoms with E-state index in [-0.39, 0.29) is 0 Å². The van der Waals surface area contributed by atoms with Crippen molar-refractivity contribution in [2.75, 3.05) is 0 Å². The van der Waals surface area contributed by atoms with Gasteiger partial charge in [0.1, 0.15) is 0 Å². The largest absolute Gasteiger partial charge is 0.0998 e. The number of hydrogen-bond acceptors (Lipinski definition) is 0. The highest BCUT2D eigenvalue weighted by Gasteiger charge is 1.97. The second-order valence-corrected chi connectivity index (χ2v) is 2.98. The van der Waals surface area contributed by atoms with Crippen LogP contribution in [0.4, 0.5) is 0 Å². The van der Waals surface area contributed by atoms with Crippen LogP contribution in [0.15, 0.2) is 36.0 Å². The molecule has 62 valence electrons. The molecule has 0 aromatic rings. The van der Waals surface area contributed by atoms with Crippen molar-refractivity contribution in [3.8, 4) is 0 Å². The first-order valence-corrected chi connectivity index (χ1v) is 4.07. The van der Waals surface area contributed by atoms with Crippen LogP contribution in [-0.4, -0.2) is 0 Å². The molecule has 0 nitrogen and oxygen atoms in total. The lowest BCUT2D eigenvalue weighted by atomic mass is 10.0. The molecule has 11 heavy (non-hydrogen) atoms. The van der Waals surface area contributed by atoms with Gasteiger partial charge in [-0.15, -0.1) is 0 Å². The molecule has 0 N–H and O–H groups in total. The predicted octanol–water partition coefficient (Wildman–Crippen LogP) is 3.87. The van der Waals surface area contributed by atoms with Crippen molar-refractivity contribution in [1.29, 1.82) is 0 Å². The van der Waals surface area contributed by atoms with Crippen LogP contribution in [0.2, 0.25) is 0 Å². The van der Waals surface area contributed by atoms with Crippen LogP contribution in [0.1, 0.15) is 33.6 Å². The normalized spacial score (nSPS) is 12.3. The molecule has 0 unspecified atom stereocenters. The molecular formula is C11H18. The lowest BCUT2D eigenvalue weighted by Crippen LogP contribution is -1.86. The van der Waals surface area contributed by atoms with Crippen LogP contribution in [0.5, 0.6) is 0 Å². The minimum atomic E-state index is 1.02. The fourth-order valence-electron chi connectivity index (χ4n) is 1.05. The molecule has 0 aliphatic heterocycles. The van der Waals surface area contributed by atoms with Crippen molar-refractivity contribution in [2.45, 2.75) is 33.6 Å². The SMILES string of the molecule is C=C/C(C)=C(/CC)CC(=C)C. The first-order valence-electron chi connectivity index (χ1n) is 4.07. The molecule has 0 aromatic heterocycles. The van der Waals surface area contributed by atoms with E-state index in [4.69, 9.17) is 0 Å². The zero-order valence-electron chi connectivity index (χ0n) is 7.91. The van der Waals surface area contributed by atoms with Gasteiger partial charge >= 0.3 is 0 Å². The molecule has 0 spiro atoms. The highest BCUT2D eigenvalue weighted by Crippen LogP contribution is 2.17. The van der Waals surface area contributed by atoms with Crippen LogP contribution in [0.3, 0.4) is 0 Å². The molecule has 0 saturated heterocycles. The predicted molar refractivity (Wildman–Crippen MR) is 52.6 cm³/mol. The van der Waals surface area contributed by atoms with Crippen molar-refractivity contribution < 1.29 is 0 Å². The van der Waals surface area contributed by atoms with Crippen molar-refractivity contribution >= 4 is 0 Å².